The van der Waals surface area contributed by atoms with Crippen LogP contribution >= 0.6 is 11.3 Å². The van der Waals surface area contributed by atoms with Gasteiger partial charge in [0.2, 0.25) is 5.88 Å². The molecule has 9 nitrogen and oxygen atoms in total. The minimum Gasteiger partial charge on any atom is -0.497 e. The number of amides is 1. The molecule has 1 amide bonds. The number of methoxy groups -OCH3 is 1. The number of hydrogen-bond acceptors (Lipinski definition) is 9. The minimum atomic E-state index is -4.86. The molecule has 0 unspecified atom stereocenters. The maximum absolute atomic E-state index is 12.8. The second-order valence-corrected chi connectivity index (χ2v) is 9.15. The van der Waals surface area contributed by atoms with E-state index in [0.29, 0.717) is 17.2 Å². The Kier molecular flexibility index (Phi) is 7.79. The van der Waals surface area contributed by atoms with E-state index >= 15 is 0 Å². The summed E-state index contributed by atoms with van der Waals surface area (Å²) in [4.78, 5) is 18.4. The number of rotatable bonds is 8. The first-order valence-electron chi connectivity index (χ1n) is 11.0. The number of ether oxygens (including phenoxy) is 2. The molecular weight excluding hydrogens is 499 g/mol. The summed E-state index contributed by atoms with van der Waals surface area (Å²) in [5.41, 5.74) is 0.175. The lowest BCUT2D eigenvalue weighted by Gasteiger charge is -2.34. The number of carbonyl (C=O) groups excluding carboxylic acids is 1. The Morgan fingerprint density at radius 3 is 2.56 bits per heavy atom. The van der Waals surface area contributed by atoms with Gasteiger partial charge < -0.3 is 24.8 Å². The van der Waals surface area contributed by atoms with E-state index in [4.69, 9.17) is 4.74 Å². The zero-order valence-corrected chi connectivity index (χ0v) is 20.1. The van der Waals surface area contributed by atoms with Crippen molar-refractivity contribution >= 4 is 23.1 Å². The summed E-state index contributed by atoms with van der Waals surface area (Å²) in [5, 5.41) is 19.6. The standard InChI is InChI=1S/C23H24F3N5O4S/c1-34-16-3-2-15(18(12-16)35-23(24,25)26)13-27-22(33)19-5-4-17(36-19)14-30-8-10-31(11-9-30)20-6-7-21(32)29-28-20/h2-7,12H,8-11,13-14H2,1H3,(H,27,33)(H,29,32). The normalized spacial score (nSPS) is 14.5. The predicted molar refractivity (Wildman–Crippen MR) is 126 cm³/mol. The second-order valence-electron chi connectivity index (χ2n) is 7.98. The Morgan fingerprint density at radius 1 is 1.11 bits per heavy atom. The quantitative estimate of drug-likeness (QED) is 0.464. The van der Waals surface area contributed by atoms with Gasteiger partial charge in [0.05, 0.1) is 12.0 Å². The SMILES string of the molecule is COc1ccc(CNC(=O)c2ccc(CN3CCN(c4ccc(O)nn4)CC3)s2)c(OC(F)(F)F)c1. The average molecular weight is 524 g/mol. The summed E-state index contributed by atoms with van der Waals surface area (Å²) in [6.07, 6.45) is -4.86. The van der Waals surface area contributed by atoms with Gasteiger partial charge in [-0.25, -0.2) is 0 Å². The molecule has 1 aromatic carbocycles. The molecule has 1 fully saturated rings. The van der Waals surface area contributed by atoms with Gasteiger partial charge >= 0.3 is 6.36 Å². The smallest absolute Gasteiger partial charge is 0.497 e. The van der Waals surface area contributed by atoms with E-state index in [2.05, 4.69) is 30.1 Å². The van der Waals surface area contributed by atoms with Crippen LogP contribution in [0.25, 0.3) is 0 Å². The van der Waals surface area contributed by atoms with Crippen LogP contribution in [-0.4, -0.2) is 65.8 Å². The van der Waals surface area contributed by atoms with Crippen molar-refractivity contribution in [2.75, 3.05) is 38.2 Å². The zero-order chi connectivity index (χ0) is 25.7. The van der Waals surface area contributed by atoms with Crippen molar-refractivity contribution in [1.82, 2.24) is 20.4 Å². The number of benzene rings is 1. The molecule has 0 atom stereocenters. The van der Waals surface area contributed by atoms with Crippen LogP contribution in [0, 0.1) is 0 Å². The Balaban J connectivity index is 1.30. The first-order valence-corrected chi connectivity index (χ1v) is 11.8. The highest BCUT2D eigenvalue weighted by Crippen LogP contribution is 2.30. The molecule has 1 aliphatic rings. The van der Waals surface area contributed by atoms with E-state index in [1.807, 2.05) is 6.07 Å². The van der Waals surface area contributed by atoms with E-state index in [1.54, 1.807) is 12.1 Å². The van der Waals surface area contributed by atoms with Crippen molar-refractivity contribution in [1.29, 1.82) is 0 Å². The zero-order valence-electron chi connectivity index (χ0n) is 19.3. The van der Waals surface area contributed by atoms with Gasteiger partial charge in [-0.2, -0.15) is 0 Å². The van der Waals surface area contributed by atoms with Crippen molar-refractivity contribution in [3.8, 4) is 17.4 Å². The summed E-state index contributed by atoms with van der Waals surface area (Å²) in [6, 6.07) is 10.9. The summed E-state index contributed by atoms with van der Waals surface area (Å²) in [5.74, 6) is 0.00318. The molecule has 1 saturated heterocycles. The molecule has 0 spiro atoms. The van der Waals surface area contributed by atoms with Crippen LogP contribution in [-0.2, 0) is 13.1 Å². The number of nitrogens with one attached hydrogen (secondary N) is 1. The molecule has 36 heavy (non-hydrogen) atoms. The van der Waals surface area contributed by atoms with Gasteiger partial charge in [-0.1, -0.05) is 0 Å². The molecule has 1 aliphatic heterocycles. The number of anilines is 1. The minimum absolute atomic E-state index is 0.117. The van der Waals surface area contributed by atoms with E-state index in [0.717, 1.165) is 37.1 Å². The van der Waals surface area contributed by atoms with Gasteiger partial charge in [0.1, 0.15) is 11.5 Å². The number of thiophene rings is 1. The third kappa shape index (κ3) is 6.76. The maximum Gasteiger partial charge on any atom is 0.573 e. The predicted octanol–water partition coefficient (Wildman–Crippen LogP) is 3.40. The summed E-state index contributed by atoms with van der Waals surface area (Å²) >= 11 is 1.34. The first kappa shape index (κ1) is 25.5. The molecule has 0 saturated carbocycles. The molecule has 2 aromatic heterocycles. The van der Waals surface area contributed by atoms with Crippen LogP contribution in [0.4, 0.5) is 19.0 Å². The number of alkyl halides is 3. The molecule has 3 aromatic rings. The Bertz CT molecular complexity index is 1180. The molecule has 3 heterocycles. The Labute approximate surface area is 209 Å². The molecule has 4 rings (SSSR count). The van der Waals surface area contributed by atoms with Crippen molar-refractivity contribution in [2.45, 2.75) is 19.5 Å². The number of piperazine rings is 1. The van der Waals surface area contributed by atoms with E-state index in [-0.39, 0.29) is 29.6 Å². The van der Waals surface area contributed by atoms with E-state index in [9.17, 15) is 23.1 Å². The molecule has 0 radical (unpaired) electrons. The lowest BCUT2D eigenvalue weighted by molar-refractivity contribution is -0.274. The van der Waals surface area contributed by atoms with Crippen LogP contribution < -0.4 is 19.7 Å². The van der Waals surface area contributed by atoms with Crippen molar-refractivity contribution < 1.29 is 32.5 Å². The third-order valence-electron chi connectivity index (χ3n) is 5.54. The highest BCUT2D eigenvalue weighted by Gasteiger charge is 2.32. The van der Waals surface area contributed by atoms with Crippen LogP contribution in [0.3, 0.4) is 0 Å². The average Bonchev–Trinajstić information content (AvgIpc) is 3.31. The lowest BCUT2D eigenvalue weighted by Crippen LogP contribution is -2.46. The van der Waals surface area contributed by atoms with Gasteiger partial charge in [-0.15, -0.1) is 34.7 Å². The molecule has 0 aliphatic carbocycles. The summed E-state index contributed by atoms with van der Waals surface area (Å²) in [6.45, 7) is 3.63. The summed E-state index contributed by atoms with van der Waals surface area (Å²) in [7, 11) is 1.34. The summed E-state index contributed by atoms with van der Waals surface area (Å²) < 4.78 is 47.4. The van der Waals surface area contributed by atoms with Crippen LogP contribution in [0.2, 0.25) is 0 Å². The molecule has 0 bridgehead atoms. The first-order chi connectivity index (χ1) is 17.2. The van der Waals surface area contributed by atoms with Gasteiger partial charge in [-0.05, 0) is 30.3 Å². The number of nitrogens with zero attached hydrogens (tertiary/aromatic N) is 4. The largest absolute Gasteiger partial charge is 0.573 e. The van der Waals surface area contributed by atoms with Gasteiger partial charge in [0.25, 0.3) is 5.91 Å². The fourth-order valence-electron chi connectivity index (χ4n) is 3.72. The second kappa shape index (κ2) is 11.0. The topological polar surface area (TPSA) is 100 Å². The van der Waals surface area contributed by atoms with Crippen LogP contribution in [0.1, 0.15) is 20.1 Å². The van der Waals surface area contributed by atoms with Crippen LogP contribution in [0.5, 0.6) is 17.4 Å². The highest BCUT2D eigenvalue weighted by molar-refractivity contribution is 7.14. The fourth-order valence-corrected chi connectivity index (χ4v) is 4.68. The molecule has 192 valence electrons. The molecule has 13 heteroatoms. The Morgan fingerprint density at radius 2 is 1.89 bits per heavy atom. The van der Waals surface area contributed by atoms with Gasteiger partial charge in [0.15, 0.2) is 5.82 Å². The maximum atomic E-state index is 12.8. The Hall–Kier alpha value is -3.58. The molecular formula is C23H24F3N5O4S. The van der Waals surface area contributed by atoms with Gasteiger partial charge in [-0.3, -0.25) is 9.69 Å². The number of carbonyl (C=O) groups is 1. The monoisotopic (exact) mass is 523 g/mol. The number of hydrogen-bond donors (Lipinski definition) is 2. The van der Waals surface area contributed by atoms with Gasteiger partial charge in [0, 0.05) is 61.8 Å². The third-order valence-corrected chi connectivity index (χ3v) is 6.61. The molecule has 2 N–H and O–H groups in total. The fraction of sp³-hybridized carbons (Fsp3) is 0.348. The highest BCUT2D eigenvalue weighted by atomic mass is 32.1. The van der Waals surface area contributed by atoms with Crippen molar-refractivity contribution in [3.63, 3.8) is 0 Å². The van der Waals surface area contributed by atoms with E-state index in [1.165, 1.54) is 36.6 Å². The van der Waals surface area contributed by atoms with E-state index < -0.39 is 12.1 Å². The number of aromatic hydroxyl groups is 1. The van der Waals surface area contributed by atoms with Crippen LogP contribution in [0.15, 0.2) is 42.5 Å². The number of aromatic nitrogens is 2. The lowest BCUT2D eigenvalue weighted by atomic mass is 10.2. The van der Waals surface area contributed by atoms with Crippen molar-refractivity contribution in [3.05, 3.63) is 57.8 Å². The van der Waals surface area contributed by atoms with Crippen molar-refractivity contribution in [2.24, 2.45) is 0 Å². The number of halogens is 3.